The van der Waals surface area contributed by atoms with E-state index in [-0.39, 0.29) is 55.2 Å². The maximum Gasteiger partial charge on any atom is 0.335 e. The van der Waals surface area contributed by atoms with Gasteiger partial charge in [-0.3, -0.25) is 14.4 Å². The lowest BCUT2D eigenvalue weighted by atomic mass is 9.90. The van der Waals surface area contributed by atoms with Gasteiger partial charge in [-0.15, -0.1) is 0 Å². The molecule has 10 atom stereocenters. The molecule has 3 aromatic rings. The van der Waals surface area contributed by atoms with Crippen molar-refractivity contribution in [3.63, 3.8) is 0 Å². The Morgan fingerprint density at radius 2 is 0.843 bits per heavy atom. The first-order chi connectivity index (χ1) is 37.4. The van der Waals surface area contributed by atoms with E-state index in [9.17, 15) is 54.9 Å². The molecular weight excluding hydrogens is 1070 g/mol. The molecule has 83 heavy (non-hydrogen) atoms. The highest BCUT2D eigenvalue weighted by Crippen LogP contribution is 2.36. The van der Waals surface area contributed by atoms with E-state index in [4.69, 9.17) is 33.2 Å². The number of esters is 3. The molecule has 0 bridgehead atoms. The van der Waals surface area contributed by atoms with Crippen LogP contribution < -0.4 is 25.4 Å². The number of aliphatic hydroxyl groups is 6. The van der Waals surface area contributed by atoms with Crippen LogP contribution in [-0.2, 0) is 62.7 Å². The Kier molecular flexibility index (Phi) is 26.4. The van der Waals surface area contributed by atoms with Gasteiger partial charge in [0.1, 0.15) is 61.8 Å². The Morgan fingerprint density at radius 3 is 1.19 bits per heavy atom. The summed E-state index contributed by atoms with van der Waals surface area (Å²) in [6, 6.07) is 18.2. The van der Waals surface area contributed by atoms with Gasteiger partial charge in [0, 0.05) is 28.2 Å². The lowest BCUT2D eigenvalue weighted by molar-refractivity contribution is -0.277. The summed E-state index contributed by atoms with van der Waals surface area (Å²) >= 11 is 0. The second kappa shape index (κ2) is 29.8. The summed E-state index contributed by atoms with van der Waals surface area (Å²) in [5, 5.41) is 79.5. The maximum absolute atomic E-state index is 12.1. The predicted molar refractivity (Wildman–Crippen MR) is 316 cm³/mol. The van der Waals surface area contributed by atoms with Crippen LogP contribution in [0.2, 0.25) is 0 Å². The van der Waals surface area contributed by atoms with Gasteiger partial charge in [-0.05, 0) is 178 Å². The number of aliphatic hydroxyl groups excluding tert-OH is 6. The van der Waals surface area contributed by atoms with Gasteiger partial charge < -0.3 is 84.9 Å². The van der Waals surface area contributed by atoms with Crippen LogP contribution in [0, 0.1) is 22.2 Å². The van der Waals surface area contributed by atoms with Crippen LogP contribution in [0.4, 0.5) is 17.1 Å². The van der Waals surface area contributed by atoms with E-state index in [0.717, 1.165) is 22.4 Å². The Balaban J connectivity index is 0.000000437. The van der Waals surface area contributed by atoms with Crippen molar-refractivity contribution in [3.8, 4) is 11.5 Å². The normalized spacial score (nSPS) is 23.0. The Morgan fingerprint density at radius 1 is 0.482 bits per heavy atom. The summed E-state index contributed by atoms with van der Waals surface area (Å²) in [6.07, 6.45) is -12.3. The molecule has 0 aliphatic carbocycles. The minimum absolute atomic E-state index is 0. The number of anilines is 3. The fourth-order valence-electron chi connectivity index (χ4n) is 7.50. The molecular formula is C62H99N3O18. The number of carbonyl (C=O) groups excluding carboxylic acids is 3. The fourth-order valence-corrected chi connectivity index (χ4v) is 7.50. The summed E-state index contributed by atoms with van der Waals surface area (Å²) in [5.74, 6) is -2.29. The zero-order chi connectivity index (χ0) is 62.7. The summed E-state index contributed by atoms with van der Waals surface area (Å²) in [4.78, 5) is 47.2. The molecule has 10 N–H and O–H groups in total. The topological polar surface area (TPSA) is 311 Å². The third-order valence-corrected chi connectivity index (χ3v) is 12.1. The molecule has 2 aliphatic heterocycles. The highest BCUT2D eigenvalue weighted by atomic mass is 16.7. The van der Waals surface area contributed by atoms with Gasteiger partial charge in [0.2, 0.25) is 12.6 Å². The van der Waals surface area contributed by atoms with Crippen molar-refractivity contribution in [1.29, 1.82) is 0 Å². The first kappa shape index (κ1) is 73.3. The minimum Gasteiger partial charge on any atom is -0.479 e. The Hall–Kier alpha value is -5.78. The van der Waals surface area contributed by atoms with Crippen molar-refractivity contribution < 1.29 is 88.1 Å². The first-order valence-electron chi connectivity index (χ1n) is 27.5. The predicted octanol–water partition coefficient (Wildman–Crippen LogP) is 8.32. The molecule has 0 amide bonds. The van der Waals surface area contributed by atoms with Crippen molar-refractivity contribution >= 4 is 40.9 Å². The molecule has 21 heteroatoms. The first-order valence-corrected chi connectivity index (χ1v) is 27.5. The molecule has 21 nitrogen and oxygen atoms in total. The van der Waals surface area contributed by atoms with Crippen LogP contribution in [0.5, 0.6) is 11.5 Å². The van der Waals surface area contributed by atoms with Crippen molar-refractivity contribution in [2.75, 3.05) is 22.6 Å². The highest BCUT2D eigenvalue weighted by Gasteiger charge is 2.47. The standard InChI is InChI=1S/C23H35NO8.C22H35NO8.C16H25NO2.CH4/c1-12-16(25)18(19(27)28)32-20(17(12)26)31-15-9-8-13(10-14(15)24-23(5,6)7)11-30-21(29)22(2,3)4;1-21(2,3)20(28)29-11-12-7-8-14(13(9-12)23-22(4,5)6)30-19-18(27)17(26)16(25)15(10-24)31-19;1-15(2,3)14(18)19-11-12-7-9-13(10-8-12)17-16(4,5)6;/h8-10,12,16-18,20,24-26H,11H2,1-7H3,(H,27,28);7-9,15-19,23-27H,10-11H2,1-6H3;7-10,17H,11H2,1-6H3;1H4. The van der Waals surface area contributed by atoms with Gasteiger partial charge in [0.05, 0.1) is 40.3 Å². The van der Waals surface area contributed by atoms with E-state index in [1.807, 2.05) is 86.6 Å². The lowest BCUT2D eigenvalue weighted by Crippen LogP contribution is -2.60. The largest absolute Gasteiger partial charge is 0.479 e. The van der Waals surface area contributed by atoms with Crippen LogP contribution in [0.3, 0.4) is 0 Å². The third-order valence-electron chi connectivity index (χ3n) is 12.1. The third kappa shape index (κ3) is 24.0. The molecule has 0 aromatic heterocycles. The lowest BCUT2D eigenvalue weighted by Gasteiger charge is -2.40. The molecule has 3 aromatic carbocycles. The van der Waals surface area contributed by atoms with Gasteiger partial charge in [-0.25, -0.2) is 4.79 Å². The molecule has 0 radical (unpaired) electrons. The van der Waals surface area contributed by atoms with E-state index in [0.29, 0.717) is 29.5 Å². The van der Waals surface area contributed by atoms with E-state index in [1.165, 1.54) is 6.92 Å². The van der Waals surface area contributed by atoms with Crippen molar-refractivity contribution in [1.82, 2.24) is 0 Å². The van der Waals surface area contributed by atoms with Crippen molar-refractivity contribution in [3.05, 3.63) is 77.4 Å². The summed E-state index contributed by atoms with van der Waals surface area (Å²) < 4.78 is 38.5. The second-order valence-electron chi connectivity index (χ2n) is 27.0. The fraction of sp³-hybridized carbons (Fsp3) is 0.645. The number of aliphatic carboxylic acids is 1. The quantitative estimate of drug-likeness (QED) is 0.0505. The van der Waals surface area contributed by atoms with Gasteiger partial charge in [0.25, 0.3) is 0 Å². The zero-order valence-corrected chi connectivity index (χ0v) is 51.5. The maximum atomic E-state index is 12.1. The highest BCUT2D eigenvalue weighted by molar-refractivity contribution is 5.76. The average molecular weight is 1170 g/mol. The van der Waals surface area contributed by atoms with Crippen LogP contribution in [0.1, 0.15) is 156 Å². The van der Waals surface area contributed by atoms with E-state index < -0.39 is 90.0 Å². The van der Waals surface area contributed by atoms with E-state index in [2.05, 4.69) is 36.7 Å². The van der Waals surface area contributed by atoms with E-state index >= 15 is 0 Å². The number of hydrogen-bond acceptors (Lipinski definition) is 20. The van der Waals surface area contributed by atoms with Crippen LogP contribution >= 0.6 is 0 Å². The second-order valence-corrected chi connectivity index (χ2v) is 27.0. The Labute approximate surface area is 491 Å². The molecule has 470 valence electrons. The number of rotatable bonds is 15. The molecule has 0 spiro atoms. The molecule has 0 saturated carbocycles. The van der Waals surface area contributed by atoms with Crippen LogP contribution in [-0.4, -0.2) is 138 Å². The molecule has 2 fully saturated rings. The smallest absolute Gasteiger partial charge is 0.335 e. The minimum atomic E-state index is -1.54. The van der Waals surface area contributed by atoms with E-state index in [1.54, 1.807) is 77.9 Å². The van der Waals surface area contributed by atoms with Crippen molar-refractivity contribution in [2.24, 2.45) is 22.2 Å². The summed E-state index contributed by atoms with van der Waals surface area (Å²) in [7, 11) is 0. The number of hydrogen-bond donors (Lipinski definition) is 10. The van der Waals surface area contributed by atoms with Gasteiger partial charge in [-0.2, -0.15) is 0 Å². The summed E-state index contributed by atoms with van der Waals surface area (Å²) in [6.45, 7) is 35.8. The number of carboxylic acid groups (broad SMARTS) is 1. The Bertz CT molecular complexity index is 2550. The zero-order valence-electron chi connectivity index (χ0n) is 51.5. The number of carbonyl (C=O) groups is 4. The van der Waals surface area contributed by atoms with Gasteiger partial charge >= 0.3 is 23.9 Å². The molecule has 2 aliphatic rings. The number of nitrogens with one attached hydrogen (secondary N) is 3. The summed E-state index contributed by atoms with van der Waals surface area (Å²) in [5.41, 5.74) is 2.31. The number of benzene rings is 3. The monoisotopic (exact) mass is 1170 g/mol. The van der Waals surface area contributed by atoms with Gasteiger partial charge in [-0.1, -0.05) is 38.6 Å². The molecule has 2 saturated heterocycles. The number of carboxylic acids is 1. The SMILES string of the molecule is C.CC(C)(C)Nc1cc(COC(=O)C(C)(C)C)ccc1OC1OC(CO)C(O)C(O)C1O.CC(C)(C)Nc1ccc(COC(=O)C(C)(C)C)cc1.CC1C(O)C(Oc2ccc(COC(=O)C(C)(C)C)cc2NC(C)(C)C)OC(C(=O)O)C1O. The molecule has 2 heterocycles. The van der Waals surface area contributed by atoms with Gasteiger partial charge in [0.15, 0.2) is 6.10 Å². The molecule has 5 rings (SSSR count). The van der Waals surface area contributed by atoms with Crippen LogP contribution in [0.25, 0.3) is 0 Å². The van der Waals surface area contributed by atoms with Crippen LogP contribution in [0.15, 0.2) is 60.7 Å². The van der Waals surface area contributed by atoms with Crippen molar-refractivity contribution in [2.45, 2.75) is 231 Å². The average Bonchev–Trinajstić information content (AvgIpc) is 3.47. The number of ether oxygens (including phenoxy) is 7. The molecule has 10 unspecified atom stereocenters.